The Hall–Kier alpha value is -1.10. The molecule has 1 heterocycles. The van der Waals surface area contributed by atoms with E-state index in [0.29, 0.717) is 26.1 Å². The Kier molecular flexibility index (Phi) is 6.24. The summed E-state index contributed by atoms with van der Waals surface area (Å²) >= 11 is 0. The number of rotatable bonds is 5. The lowest BCUT2D eigenvalue weighted by Crippen LogP contribution is -2.44. The van der Waals surface area contributed by atoms with Crippen molar-refractivity contribution in [3.63, 3.8) is 0 Å². The summed E-state index contributed by atoms with van der Waals surface area (Å²) in [6, 6.07) is 0. The van der Waals surface area contributed by atoms with Crippen LogP contribution < -0.4 is 0 Å². The number of hydrogen-bond donors (Lipinski definition) is 1. The van der Waals surface area contributed by atoms with E-state index in [1.54, 1.807) is 4.90 Å². The van der Waals surface area contributed by atoms with Crippen LogP contribution in [0.3, 0.4) is 0 Å². The number of aliphatic hydroxyl groups is 1. The Bertz CT molecular complexity index is 391. The van der Waals surface area contributed by atoms with E-state index in [1.165, 1.54) is 0 Å². The molecule has 5 nitrogen and oxygen atoms in total. The first kappa shape index (κ1) is 17.3. The molecule has 5 heteroatoms. The highest BCUT2D eigenvalue weighted by molar-refractivity contribution is 5.80. The fourth-order valence-corrected chi connectivity index (χ4v) is 3.73. The molecule has 0 spiro atoms. The molecule has 1 saturated carbocycles. The summed E-state index contributed by atoms with van der Waals surface area (Å²) in [6.07, 6.45) is 5.72. The van der Waals surface area contributed by atoms with E-state index in [9.17, 15) is 14.7 Å². The van der Waals surface area contributed by atoms with Crippen molar-refractivity contribution in [1.29, 1.82) is 0 Å². The van der Waals surface area contributed by atoms with E-state index in [0.717, 1.165) is 38.5 Å². The smallest absolute Gasteiger partial charge is 0.225 e. The van der Waals surface area contributed by atoms with E-state index in [4.69, 9.17) is 0 Å². The van der Waals surface area contributed by atoms with Gasteiger partial charge in [-0.2, -0.15) is 0 Å². The van der Waals surface area contributed by atoms with Gasteiger partial charge in [0.1, 0.15) is 0 Å². The van der Waals surface area contributed by atoms with Crippen LogP contribution in [0.15, 0.2) is 0 Å². The Labute approximate surface area is 133 Å². The highest BCUT2D eigenvalue weighted by Crippen LogP contribution is 2.27. The molecule has 0 aromatic heterocycles. The average molecular weight is 310 g/mol. The third-order valence-corrected chi connectivity index (χ3v) is 5.16. The second kappa shape index (κ2) is 7.95. The van der Waals surface area contributed by atoms with Gasteiger partial charge in [-0.15, -0.1) is 0 Å². The average Bonchev–Trinajstić information content (AvgIpc) is 2.92. The molecule has 0 bridgehead atoms. The van der Waals surface area contributed by atoms with Crippen LogP contribution in [0.2, 0.25) is 0 Å². The molecule has 2 atom stereocenters. The minimum absolute atomic E-state index is 0.0363. The van der Waals surface area contributed by atoms with Gasteiger partial charge in [-0.05, 0) is 32.1 Å². The number of aliphatic hydroxyl groups excluding tert-OH is 1. The third-order valence-electron chi connectivity index (χ3n) is 5.16. The monoisotopic (exact) mass is 310 g/mol. The molecule has 2 aliphatic rings. The maximum Gasteiger partial charge on any atom is 0.225 e. The van der Waals surface area contributed by atoms with Crippen LogP contribution in [-0.2, 0) is 9.59 Å². The maximum atomic E-state index is 12.5. The minimum Gasteiger partial charge on any atom is -0.393 e. The summed E-state index contributed by atoms with van der Waals surface area (Å²) in [4.78, 5) is 28.1. The zero-order valence-electron chi connectivity index (χ0n) is 14.0. The van der Waals surface area contributed by atoms with Crippen molar-refractivity contribution >= 4 is 11.8 Å². The number of piperidine rings is 1. The van der Waals surface area contributed by atoms with Gasteiger partial charge in [-0.3, -0.25) is 9.59 Å². The van der Waals surface area contributed by atoms with E-state index in [2.05, 4.69) is 0 Å². The first-order chi connectivity index (χ1) is 10.5. The van der Waals surface area contributed by atoms with Gasteiger partial charge in [-0.25, -0.2) is 0 Å². The largest absolute Gasteiger partial charge is 0.393 e. The summed E-state index contributed by atoms with van der Waals surface area (Å²) in [5, 5.41) is 9.89. The van der Waals surface area contributed by atoms with E-state index < -0.39 is 0 Å². The predicted octanol–water partition coefficient (Wildman–Crippen LogP) is 1.64. The number of hydrogen-bond acceptors (Lipinski definition) is 3. The van der Waals surface area contributed by atoms with Crippen molar-refractivity contribution in [3.05, 3.63) is 0 Å². The lowest BCUT2D eigenvalue weighted by Gasteiger charge is -2.34. The lowest BCUT2D eigenvalue weighted by atomic mass is 9.94. The molecule has 1 saturated heterocycles. The van der Waals surface area contributed by atoms with Crippen LogP contribution in [0.5, 0.6) is 0 Å². The summed E-state index contributed by atoms with van der Waals surface area (Å²) in [6.45, 7) is 4.08. The van der Waals surface area contributed by atoms with Crippen molar-refractivity contribution in [2.45, 2.75) is 58.0 Å². The number of amides is 2. The normalized spacial score (nSPS) is 26.2. The fourth-order valence-electron chi connectivity index (χ4n) is 3.73. The van der Waals surface area contributed by atoms with E-state index >= 15 is 0 Å². The molecule has 2 unspecified atom stereocenters. The van der Waals surface area contributed by atoms with Crippen LogP contribution in [0.25, 0.3) is 0 Å². The van der Waals surface area contributed by atoms with Gasteiger partial charge < -0.3 is 14.9 Å². The van der Waals surface area contributed by atoms with E-state index in [-0.39, 0.29) is 29.8 Å². The molecule has 1 N–H and O–H groups in total. The van der Waals surface area contributed by atoms with Crippen molar-refractivity contribution in [3.8, 4) is 0 Å². The number of likely N-dealkylation sites (tertiary alicyclic amines) is 1. The van der Waals surface area contributed by atoms with Gasteiger partial charge >= 0.3 is 0 Å². The van der Waals surface area contributed by atoms with Gasteiger partial charge in [-0.1, -0.05) is 13.3 Å². The Morgan fingerprint density at radius 2 is 1.86 bits per heavy atom. The van der Waals surface area contributed by atoms with E-state index in [1.807, 2.05) is 18.9 Å². The van der Waals surface area contributed by atoms with Crippen LogP contribution in [0, 0.1) is 11.8 Å². The number of carbonyl (C=O) groups is 2. The quantitative estimate of drug-likeness (QED) is 0.840. The minimum atomic E-state index is -0.247. The molecule has 1 aliphatic carbocycles. The zero-order valence-corrected chi connectivity index (χ0v) is 14.0. The maximum absolute atomic E-state index is 12.5. The second-order valence-electron chi connectivity index (χ2n) is 6.88. The van der Waals surface area contributed by atoms with Crippen LogP contribution in [0.4, 0.5) is 0 Å². The molecule has 0 aromatic rings. The molecule has 0 radical (unpaired) electrons. The van der Waals surface area contributed by atoms with Crippen LogP contribution >= 0.6 is 0 Å². The highest BCUT2D eigenvalue weighted by Gasteiger charge is 2.32. The molecule has 22 heavy (non-hydrogen) atoms. The predicted molar refractivity (Wildman–Crippen MR) is 85.2 cm³/mol. The molecular formula is C17H30N2O3. The standard InChI is InChI=1S/C17H30N2O3/c1-3-5-16(21)19-10-8-13(9-11-19)17(22)18(2)12-14-6-4-7-15(14)20/h13-15,20H,3-12H2,1-2H3. The topological polar surface area (TPSA) is 60.9 Å². The molecule has 126 valence electrons. The molecule has 2 fully saturated rings. The Balaban J connectivity index is 1.77. The second-order valence-corrected chi connectivity index (χ2v) is 6.88. The number of carbonyl (C=O) groups excluding carboxylic acids is 2. The molecular weight excluding hydrogens is 280 g/mol. The van der Waals surface area contributed by atoms with Crippen LogP contribution in [-0.4, -0.2) is 59.5 Å². The molecule has 0 aromatic carbocycles. The van der Waals surface area contributed by atoms with Crippen LogP contribution in [0.1, 0.15) is 51.9 Å². The summed E-state index contributed by atoms with van der Waals surface area (Å²) in [5.41, 5.74) is 0. The SMILES string of the molecule is CCCC(=O)N1CCC(C(=O)N(C)CC2CCCC2O)CC1. The van der Waals surface area contributed by atoms with Crippen molar-refractivity contribution in [2.75, 3.05) is 26.7 Å². The third kappa shape index (κ3) is 4.22. The summed E-state index contributed by atoms with van der Waals surface area (Å²) in [7, 11) is 1.85. The van der Waals surface area contributed by atoms with Gasteiger partial charge in [0.15, 0.2) is 0 Å². The summed E-state index contributed by atoms with van der Waals surface area (Å²) < 4.78 is 0. The first-order valence-corrected chi connectivity index (χ1v) is 8.73. The summed E-state index contributed by atoms with van der Waals surface area (Å²) in [5.74, 6) is 0.673. The molecule has 1 aliphatic heterocycles. The van der Waals surface area contributed by atoms with Gasteiger partial charge in [0.05, 0.1) is 6.10 Å². The van der Waals surface area contributed by atoms with Crippen molar-refractivity contribution in [1.82, 2.24) is 9.80 Å². The molecule has 2 rings (SSSR count). The fraction of sp³-hybridized carbons (Fsp3) is 0.882. The Morgan fingerprint density at radius 3 is 2.41 bits per heavy atom. The lowest BCUT2D eigenvalue weighted by molar-refractivity contribution is -0.140. The van der Waals surface area contributed by atoms with Gasteiger partial charge in [0.2, 0.25) is 11.8 Å². The van der Waals surface area contributed by atoms with Crippen molar-refractivity contribution in [2.24, 2.45) is 11.8 Å². The molecule has 2 amide bonds. The zero-order chi connectivity index (χ0) is 16.1. The highest BCUT2D eigenvalue weighted by atomic mass is 16.3. The Morgan fingerprint density at radius 1 is 1.18 bits per heavy atom. The number of nitrogens with zero attached hydrogens (tertiary/aromatic N) is 2. The van der Waals surface area contributed by atoms with Gasteiger partial charge in [0.25, 0.3) is 0 Å². The van der Waals surface area contributed by atoms with Gasteiger partial charge in [0, 0.05) is 44.9 Å². The first-order valence-electron chi connectivity index (χ1n) is 8.73. The van der Waals surface area contributed by atoms with Crippen molar-refractivity contribution < 1.29 is 14.7 Å².